The van der Waals surface area contributed by atoms with Crippen LogP contribution in [-0.4, -0.2) is 50.8 Å². The Morgan fingerprint density at radius 2 is 2.05 bits per heavy atom. The maximum Gasteiger partial charge on any atom is 0.0546 e. The van der Waals surface area contributed by atoms with Crippen molar-refractivity contribution in [1.82, 2.24) is 10.2 Å². The molecular weight excluding hydrogens is 236 g/mol. The van der Waals surface area contributed by atoms with Crippen LogP contribution in [-0.2, 0) is 4.74 Å². The van der Waals surface area contributed by atoms with Gasteiger partial charge in [-0.25, -0.2) is 0 Å². The van der Waals surface area contributed by atoms with Crippen LogP contribution in [0.1, 0.15) is 47.0 Å². The first-order valence-corrected chi connectivity index (χ1v) is 7.97. The maximum absolute atomic E-state index is 5.78. The zero-order valence-corrected chi connectivity index (χ0v) is 13.7. The van der Waals surface area contributed by atoms with Gasteiger partial charge < -0.3 is 15.0 Å². The Morgan fingerprint density at radius 1 is 1.32 bits per heavy atom. The van der Waals surface area contributed by atoms with E-state index in [4.69, 9.17) is 4.74 Å². The van der Waals surface area contributed by atoms with Crippen LogP contribution in [0.25, 0.3) is 0 Å². The fourth-order valence-corrected chi connectivity index (χ4v) is 2.95. The van der Waals surface area contributed by atoms with E-state index in [-0.39, 0.29) is 0 Å². The lowest BCUT2D eigenvalue weighted by atomic mass is 9.81. The highest BCUT2D eigenvalue weighted by molar-refractivity contribution is 4.87. The fourth-order valence-electron chi connectivity index (χ4n) is 2.95. The van der Waals surface area contributed by atoms with Crippen LogP contribution in [0.15, 0.2) is 0 Å². The molecule has 1 rings (SSSR count). The summed E-state index contributed by atoms with van der Waals surface area (Å²) in [6.45, 7) is 14.3. The van der Waals surface area contributed by atoms with Gasteiger partial charge in [-0.2, -0.15) is 0 Å². The summed E-state index contributed by atoms with van der Waals surface area (Å²) in [6, 6.07) is 0.554. The van der Waals surface area contributed by atoms with Gasteiger partial charge in [0.1, 0.15) is 0 Å². The largest absolute Gasteiger partial charge is 0.381 e. The molecule has 1 aliphatic heterocycles. The Hall–Kier alpha value is -0.120. The summed E-state index contributed by atoms with van der Waals surface area (Å²) in [5, 5.41) is 3.62. The molecule has 0 aromatic carbocycles. The second kappa shape index (κ2) is 8.23. The van der Waals surface area contributed by atoms with Crippen molar-refractivity contribution in [3.05, 3.63) is 0 Å². The van der Waals surface area contributed by atoms with Crippen molar-refractivity contribution >= 4 is 0 Å². The maximum atomic E-state index is 5.78. The SMILES string of the molecule is CCC(C)CN(C)CC1(CNC(C)C)CCCOC1. The monoisotopic (exact) mass is 270 g/mol. The zero-order valence-electron chi connectivity index (χ0n) is 13.7. The fraction of sp³-hybridized carbons (Fsp3) is 1.00. The van der Waals surface area contributed by atoms with E-state index in [1.165, 1.54) is 25.8 Å². The van der Waals surface area contributed by atoms with Crippen LogP contribution < -0.4 is 5.32 Å². The van der Waals surface area contributed by atoms with Crippen LogP contribution in [0.2, 0.25) is 0 Å². The number of nitrogens with one attached hydrogen (secondary N) is 1. The topological polar surface area (TPSA) is 24.5 Å². The third-order valence-corrected chi connectivity index (χ3v) is 4.21. The van der Waals surface area contributed by atoms with Crippen molar-refractivity contribution < 1.29 is 4.74 Å². The minimum Gasteiger partial charge on any atom is -0.381 e. The van der Waals surface area contributed by atoms with Crippen molar-refractivity contribution in [2.24, 2.45) is 11.3 Å². The highest BCUT2D eigenvalue weighted by Gasteiger charge is 2.34. The minimum absolute atomic E-state index is 0.310. The third kappa shape index (κ3) is 6.24. The summed E-state index contributed by atoms with van der Waals surface area (Å²) in [7, 11) is 2.26. The van der Waals surface area contributed by atoms with E-state index in [2.05, 4.69) is 45.0 Å². The van der Waals surface area contributed by atoms with Crippen molar-refractivity contribution in [3.63, 3.8) is 0 Å². The Labute approximate surface area is 120 Å². The number of ether oxygens (including phenoxy) is 1. The molecule has 19 heavy (non-hydrogen) atoms. The van der Waals surface area contributed by atoms with E-state index in [9.17, 15) is 0 Å². The number of hydrogen-bond acceptors (Lipinski definition) is 3. The van der Waals surface area contributed by atoms with Crippen LogP contribution in [0, 0.1) is 11.3 Å². The lowest BCUT2D eigenvalue weighted by Crippen LogP contribution is -2.49. The van der Waals surface area contributed by atoms with Gasteiger partial charge in [-0.05, 0) is 25.8 Å². The lowest BCUT2D eigenvalue weighted by molar-refractivity contribution is -0.0249. The predicted molar refractivity (Wildman–Crippen MR) is 82.6 cm³/mol. The molecule has 0 radical (unpaired) electrons. The van der Waals surface area contributed by atoms with E-state index < -0.39 is 0 Å². The Balaban J connectivity index is 2.52. The molecule has 114 valence electrons. The molecule has 0 aromatic rings. The Kier molecular flexibility index (Phi) is 7.33. The summed E-state index contributed by atoms with van der Waals surface area (Å²) >= 11 is 0. The quantitative estimate of drug-likeness (QED) is 0.734. The second-order valence-corrected chi connectivity index (χ2v) is 6.90. The average Bonchev–Trinajstić information content (AvgIpc) is 2.37. The molecule has 3 nitrogen and oxygen atoms in total. The molecule has 3 heteroatoms. The van der Waals surface area contributed by atoms with E-state index >= 15 is 0 Å². The molecule has 0 aromatic heterocycles. The first kappa shape index (κ1) is 16.9. The molecule has 0 saturated carbocycles. The van der Waals surface area contributed by atoms with Gasteiger partial charge in [0.2, 0.25) is 0 Å². The molecule has 1 fully saturated rings. The van der Waals surface area contributed by atoms with Gasteiger partial charge in [0, 0.05) is 37.7 Å². The molecule has 0 bridgehead atoms. The molecule has 1 aliphatic rings. The van der Waals surface area contributed by atoms with Crippen LogP contribution in [0.5, 0.6) is 0 Å². The van der Waals surface area contributed by atoms with Gasteiger partial charge in [0.15, 0.2) is 0 Å². The van der Waals surface area contributed by atoms with Crippen molar-refractivity contribution in [2.45, 2.75) is 53.0 Å². The van der Waals surface area contributed by atoms with Gasteiger partial charge in [0.25, 0.3) is 0 Å². The van der Waals surface area contributed by atoms with E-state index in [1.54, 1.807) is 0 Å². The normalized spacial score (nSPS) is 26.1. The molecular formula is C16H34N2O. The van der Waals surface area contributed by atoms with E-state index in [1.807, 2.05) is 0 Å². The zero-order chi connectivity index (χ0) is 14.3. The average molecular weight is 270 g/mol. The molecule has 0 amide bonds. The molecule has 2 atom stereocenters. The Bertz CT molecular complexity index is 237. The smallest absolute Gasteiger partial charge is 0.0546 e. The molecule has 1 N–H and O–H groups in total. The van der Waals surface area contributed by atoms with Crippen LogP contribution in [0.3, 0.4) is 0 Å². The second-order valence-electron chi connectivity index (χ2n) is 6.90. The van der Waals surface area contributed by atoms with E-state index in [0.29, 0.717) is 11.5 Å². The molecule has 2 unspecified atom stereocenters. The highest BCUT2D eigenvalue weighted by Crippen LogP contribution is 2.29. The summed E-state index contributed by atoms with van der Waals surface area (Å²) in [4.78, 5) is 2.50. The first-order valence-electron chi connectivity index (χ1n) is 7.97. The Morgan fingerprint density at radius 3 is 2.58 bits per heavy atom. The summed E-state index contributed by atoms with van der Waals surface area (Å²) in [6.07, 6.45) is 3.76. The van der Waals surface area contributed by atoms with Crippen molar-refractivity contribution in [3.8, 4) is 0 Å². The highest BCUT2D eigenvalue weighted by atomic mass is 16.5. The number of nitrogens with zero attached hydrogens (tertiary/aromatic N) is 1. The van der Waals surface area contributed by atoms with Crippen LogP contribution >= 0.6 is 0 Å². The first-order chi connectivity index (χ1) is 8.97. The molecule has 0 aliphatic carbocycles. The third-order valence-electron chi connectivity index (χ3n) is 4.21. The summed E-state index contributed by atoms with van der Waals surface area (Å²) < 4.78 is 5.78. The summed E-state index contributed by atoms with van der Waals surface area (Å²) in [5.41, 5.74) is 0.310. The summed E-state index contributed by atoms with van der Waals surface area (Å²) in [5.74, 6) is 0.782. The van der Waals surface area contributed by atoms with Gasteiger partial charge >= 0.3 is 0 Å². The van der Waals surface area contributed by atoms with Gasteiger partial charge in [0.05, 0.1) is 6.61 Å². The molecule has 1 heterocycles. The molecule has 1 saturated heterocycles. The lowest BCUT2D eigenvalue weighted by Gasteiger charge is -2.41. The van der Waals surface area contributed by atoms with Gasteiger partial charge in [-0.1, -0.05) is 34.1 Å². The standard InChI is InChI=1S/C16H34N2O/c1-6-15(4)10-18(5)12-16(11-17-14(2)3)8-7-9-19-13-16/h14-15,17H,6-13H2,1-5H3. The number of rotatable bonds is 8. The van der Waals surface area contributed by atoms with Crippen molar-refractivity contribution in [2.75, 3.05) is 39.9 Å². The number of hydrogen-bond donors (Lipinski definition) is 1. The van der Waals surface area contributed by atoms with Gasteiger partial charge in [-0.3, -0.25) is 0 Å². The predicted octanol–water partition coefficient (Wildman–Crippen LogP) is 2.76. The van der Waals surface area contributed by atoms with Crippen LogP contribution in [0.4, 0.5) is 0 Å². The molecule has 0 spiro atoms. The van der Waals surface area contributed by atoms with Gasteiger partial charge in [-0.15, -0.1) is 0 Å². The van der Waals surface area contributed by atoms with E-state index in [0.717, 1.165) is 32.2 Å². The van der Waals surface area contributed by atoms with Crippen molar-refractivity contribution in [1.29, 1.82) is 0 Å². The minimum atomic E-state index is 0.310.